The van der Waals surface area contributed by atoms with Crippen molar-refractivity contribution in [2.45, 2.75) is 69.1 Å². The van der Waals surface area contributed by atoms with Crippen LogP contribution < -0.4 is 22.1 Å². The molecule has 1 fully saturated rings. The second-order valence-corrected chi connectivity index (χ2v) is 10.8. The Kier molecular flexibility index (Phi) is 10.7. The number of carbonyl (C=O) groups excluding carboxylic acids is 3. The van der Waals surface area contributed by atoms with Gasteiger partial charge in [-0.3, -0.25) is 14.4 Å². The van der Waals surface area contributed by atoms with Crippen LogP contribution in [0, 0.1) is 0 Å². The van der Waals surface area contributed by atoms with Gasteiger partial charge in [-0.05, 0) is 62.3 Å². The first-order valence-corrected chi connectivity index (χ1v) is 14.5. The number of nitrogens with zero attached hydrogens (tertiary/aromatic N) is 1. The quantitative estimate of drug-likeness (QED) is 0.157. The first-order chi connectivity index (χ1) is 20.3. The van der Waals surface area contributed by atoms with Crippen LogP contribution in [0.15, 0.2) is 60.8 Å². The highest BCUT2D eigenvalue weighted by molar-refractivity contribution is 5.94. The first-order valence-electron chi connectivity index (χ1n) is 14.5. The Morgan fingerprint density at radius 2 is 1.67 bits per heavy atom. The molecule has 11 heteroatoms. The molecule has 1 saturated heterocycles. The minimum Gasteiger partial charge on any atom is -0.480 e. The van der Waals surface area contributed by atoms with Crippen molar-refractivity contribution in [1.29, 1.82) is 0 Å². The maximum absolute atomic E-state index is 13.7. The summed E-state index contributed by atoms with van der Waals surface area (Å²) in [5, 5.41) is 16.2. The summed E-state index contributed by atoms with van der Waals surface area (Å²) in [6.07, 6.45) is 4.74. The Labute approximate surface area is 245 Å². The van der Waals surface area contributed by atoms with Crippen LogP contribution in [0.4, 0.5) is 0 Å². The maximum atomic E-state index is 13.7. The van der Waals surface area contributed by atoms with E-state index in [2.05, 4.69) is 15.6 Å². The van der Waals surface area contributed by atoms with Gasteiger partial charge in [0.15, 0.2) is 0 Å². The zero-order valence-corrected chi connectivity index (χ0v) is 23.6. The zero-order valence-electron chi connectivity index (χ0n) is 23.6. The van der Waals surface area contributed by atoms with Gasteiger partial charge in [-0.2, -0.15) is 0 Å². The second kappa shape index (κ2) is 14.6. The number of aliphatic carboxylic acids is 1. The Hall–Kier alpha value is -4.22. The molecule has 0 spiro atoms. The number of para-hydroxylation sites is 1. The lowest BCUT2D eigenvalue weighted by Crippen LogP contribution is -2.57. The molecule has 8 N–H and O–H groups in total. The topological polar surface area (TPSA) is 184 Å². The first kappa shape index (κ1) is 30.7. The number of unbranched alkanes of at least 4 members (excludes halogenated alkanes) is 1. The number of carbonyl (C=O) groups is 4. The standard InChI is InChI=1S/C31H40N6O5/c32-15-7-6-13-25(30(40)37-16-8-14-27(37)31(41)42)35-29(39)26(17-20-9-2-1-3-10-20)36-28(38)23(33)18-21-19-34-24-12-5-4-11-22(21)24/h1-5,9-12,19,23,25-27,34H,6-8,13-18,32-33H2,(H,35,39)(H,36,38)(H,41,42). The molecule has 1 aliphatic rings. The fraction of sp³-hybridized carbons (Fsp3) is 0.419. The highest BCUT2D eigenvalue weighted by Gasteiger charge is 2.38. The fourth-order valence-electron chi connectivity index (χ4n) is 5.48. The van der Waals surface area contributed by atoms with Crippen LogP contribution in [0.25, 0.3) is 10.9 Å². The van der Waals surface area contributed by atoms with Crippen molar-refractivity contribution in [2.75, 3.05) is 13.1 Å². The van der Waals surface area contributed by atoms with E-state index in [1.165, 1.54) is 4.90 Å². The maximum Gasteiger partial charge on any atom is 0.326 e. The molecular weight excluding hydrogens is 536 g/mol. The number of carboxylic acid groups (broad SMARTS) is 1. The summed E-state index contributed by atoms with van der Waals surface area (Å²) < 4.78 is 0. The number of benzene rings is 2. The van der Waals surface area contributed by atoms with Crippen LogP contribution in [-0.4, -0.2) is 75.9 Å². The molecule has 0 aliphatic carbocycles. The van der Waals surface area contributed by atoms with Gasteiger partial charge >= 0.3 is 5.97 Å². The summed E-state index contributed by atoms with van der Waals surface area (Å²) in [4.78, 5) is 56.7. The Bertz CT molecular complexity index is 1380. The smallest absolute Gasteiger partial charge is 0.326 e. The largest absolute Gasteiger partial charge is 0.480 e. The molecule has 4 atom stereocenters. The van der Waals surface area contributed by atoms with E-state index in [1.54, 1.807) is 0 Å². The van der Waals surface area contributed by atoms with Crippen LogP contribution in [0.5, 0.6) is 0 Å². The van der Waals surface area contributed by atoms with Crippen molar-refractivity contribution in [3.8, 4) is 0 Å². The molecule has 1 aromatic heterocycles. The van der Waals surface area contributed by atoms with Gasteiger partial charge in [0.1, 0.15) is 18.1 Å². The van der Waals surface area contributed by atoms with Gasteiger partial charge in [0.2, 0.25) is 17.7 Å². The number of H-pyrrole nitrogens is 1. The highest BCUT2D eigenvalue weighted by Crippen LogP contribution is 2.21. The van der Waals surface area contributed by atoms with Crippen LogP contribution in [0.1, 0.15) is 43.2 Å². The molecule has 3 aromatic rings. The molecule has 224 valence electrons. The van der Waals surface area contributed by atoms with Gasteiger partial charge in [0.25, 0.3) is 0 Å². The molecule has 4 rings (SSSR count). The number of carboxylic acids is 1. The molecular formula is C31H40N6O5. The second-order valence-electron chi connectivity index (χ2n) is 10.8. The predicted molar refractivity (Wildman–Crippen MR) is 159 cm³/mol. The van der Waals surface area contributed by atoms with Crippen molar-refractivity contribution < 1.29 is 24.3 Å². The lowest BCUT2D eigenvalue weighted by Gasteiger charge is -2.29. The van der Waals surface area contributed by atoms with Crippen LogP contribution in [-0.2, 0) is 32.0 Å². The zero-order chi connectivity index (χ0) is 30.1. The normalized spacial score (nSPS) is 17.0. The number of nitrogens with two attached hydrogens (primary N) is 2. The average Bonchev–Trinajstić information content (AvgIpc) is 3.64. The lowest BCUT2D eigenvalue weighted by molar-refractivity contribution is -0.149. The number of hydrogen-bond donors (Lipinski definition) is 6. The van der Waals surface area contributed by atoms with E-state index >= 15 is 0 Å². The molecule has 0 saturated carbocycles. The number of rotatable bonds is 14. The third-order valence-corrected chi connectivity index (χ3v) is 7.75. The Balaban J connectivity index is 1.50. The third kappa shape index (κ3) is 7.74. The number of amides is 3. The van der Waals surface area contributed by atoms with Crippen molar-refractivity contribution in [1.82, 2.24) is 20.5 Å². The van der Waals surface area contributed by atoms with E-state index in [-0.39, 0.29) is 12.8 Å². The average molecular weight is 577 g/mol. The number of aromatic amines is 1. The summed E-state index contributed by atoms with van der Waals surface area (Å²) >= 11 is 0. The Morgan fingerprint density at radius 3 is 2.40 bits per heavy atom. The van der Waals surface area contributed by atoms with Crippen molar-refractivity contribution in [3.05, 3.63) is 71.9 Å². The van der Waals surface area contributed by atoms with Gasteiger partial charge in [0, 0.05) is 30.1 Å². The number of fused-ring (bicyclic) bond motifs is 1. The summed E-state index contributed by atoms with van der Waals surface area (Å²) in [6, 6.07) is 13.2. The molecule has 2 heterocycles. The monoisotopic (exact) mass is 576 g/mol. The van der Waals surface area contributed by atoms with E-state index in [4.69, 9.17) is 11.5 Å². The van der Waals surface area contributed by atoms with Crippen molar-refractivity contribution in [2.24, 2.45) is 11.5 Å². The third-order valence-electron chi connectivity index (χ3n) is 7.75. The molecule has 1 aliphatic heterocycles. The summed E-state index contributed by atoms with van der Waals surface area (Å²) in [5.41, 5.74) is 14.6. The SMILES string of the molecule is NCCCCC(NC(=O)C(Cc1ccccc1)NC(=O)C(N)Cc1c[nH]c2ccccc12)C(=O)N1CCCC1C(=O)O. The van der Waals surface area contributed by atoms with Crippen molar-refractivity contribution in [3.63, 3.8) is 0 Å². The van der Waals surface area contributed by atoms with Crippen LogP contribution in [0.3, 0.4) is 0 Å². The van der Waals surface area contributed by atoms with E-state index in [0.717, 1.165) is 22.0 Å². The van der Waals surface area contributed by atoms with Gasteiger partial charge in [-0.25, -0.2) is 4.79 Å². The summed E-state index contributed by atoms with van der Waals surface area (Å²) in [6.45, 7) is 0.739. The highest BCUT2D eigenvalue weighted by atomic mass is 16.4. The van der Waals surface area contributed by atoms with E-state index in [1.807, 2.05) is 60.8 Å². The van der Waals surface area contributed by atoms with E-state index in [9.17, 15) is 24.3 Å². The number of aromatic nitrogens is 1. The predicted octanol–water partition coefficient (Wildman–Crippen LogP) is 1.45. The van der Waals surface area contributed by atoms with Gasteiger partial charge in [-0.15, -0.1) is 0 Å². The molecule has 42 heavy (non-hydrogen) atoms. The van der Waals surface area contributed by atoms with Gasteiger partial charge < -0.3 is 37.1 Å². The van der Waals surface area contributed by atoms with Crippen molar-refractivity contribution >= 4 is 34.6 Å². The molecule has 0 radical (unpaired) electrons. The minimum absolute atomic E-state index is 0.184. The molecule has 2 aromatic carbocycles. The van der Waals surface area contributed by atoms with E-state index in [0.29, 0.717) is 45.2 Å². The van der Waals surface area contributed by atoms with Crippen LogP contribution >= 0.6 is 0 Å². The summed E-state index contributed by atoms with van der Waals surface area (Å²) in [7, 11) is 0. The van der Waals surface area contributed by atoms with E-state index < -0.39 is 47.9 Å². The molecule has 11 nitrogen and oxygen atoms in total. The van der Waals surface area contributed by atoms with Crippen LogP contribution in [0.2, 0.25) is 0 Å². The Morgan fingerprint density at radius 1 is 0.952 bits per heavy atom. The molecule has 0 bridgehead atoms. The lowest BCUT2D eigenvalue weighted by atomic mass is 10.0. The number of hydrogen-bond acceptors (Lipinski definition) is 6. The fourth-order valence-corrected chi connectivity index (χ4v) is 5.48. The minimum atomic E-state index is -1.06. The summed E-state index contributed by atoms with van der Waals surface area (Å²) in [5.74, 6) is -2.53. The molecule has 3 amide bonds. The number of nitrogens with one attached hydrogen (secondary N) is 3. The van der Waals surface area contributed by atoms with Gasteiger partial charge in [-0.1, -0.05) is 48.5 Å². The van der Waals surface area contributed by atoms with Gasteiger partial charge in [0.05, 0.1) is 6.04 Å². The number of likely N-dealkylation sites (tertiary alicyclic amines) is 1. The molecule has 4 unspecified atom stereocenters.